The first-order valence-electron chi connectivity index (χ1n) is 2.37. The summed E-state index contributed by atoms with van der Waals surface area (Å²) in [6, 6.07) is 0. The maximum absolute atomic E-state index is 8.58. The fraction of sp³-hybridized carbons (Fsp3) is 1.00. The topological polar surface area (TPSA) is 58.9 Å². The van der Waals surface area contributed by atoms with E-state index < -0.39 is 5.97 Å². The second kappa shape index (κ2) is 1.99. The summed E-state index contributed by atoms with van der Waals surface area (Å²) in [5, 5.41) is 17.2. The van der Waals surface area contributed by atoms with Crippen LogP contribution in [0.1, 0.15) is 0 Å². The Balaban J connectivity index is 2.33. The molecule has 0 unspecified atom stereocenters. The smallest absolute Gasteiger partial charge is 0.302 e. The van der Waals surface area contributed by atoms with Crippen LogP contribution in [0.15, 0.2) is 0 Å². The van der Waals surface area contributed by atoms with Gasteiger partial charge >= 0.3 is 5.97 Å². The monoisotopic (exact) mass is 120 g/mol. The van der Waals surface area contributed by atoms with Gasteiger partial charge in [0.05, 0.1) is 13.2 Å². The van der Waals surface area contributed by atoms with Gasteiger partial charge in [-0.2, -0.15) is 0 Å². The van der Waals surface area contributed by atoms with Gasteiger partial charge in [0.1, 0.15) is 6.61 Å². The van der Waals surface area contributed by atoms with Crippen molar-refractivity contribution in [1.82, 2.24) is 0 Å². The maximum atomic E-state index is 8.58. The van der Waals surface area contributed by atoms with E-state index >= 15 is 0 Å². The summed E-state index contributed by atoms with van der Waals surface area (Å²) in [4.78, 5) is 0. The molecule has 4 heteroatoms. The molecule has 0 aromatic carbocycles. The second-order valence-electron chi connectivity index (χ2n) is 1.64. The Labute approximate surface area is 46.6 Å². The lowest BCUT2D eigenvalue weighted by atomic mass is 10.5. The molecule has 1 aliphatic rings. The zero-order valence-corrected chi connectivity index (χ0v) is 4.33. The van der Waals surface area contributed by atoms with Crippen molar-refractivity contribution in [3.05, 3.63) is 0 Å². The van der Waals surface area contributed by atoms with Crippen molar-refractivity contribution in [1.29, 1.82) is 0 Å². The van der Waals surface area contributed by atoms with E-state index in [2.05, 4.69) is 9.47 Å². The highest BCUT2D eigenvalue weighted by molar-refractivity contribution is 4.52. The first-order chi connectivity index (χ1) is 3.71. The molecule has 0 amide bonds. The van der Waals surface area contributed by atoms with Gasteiger partial charge in [0.2, 0.25) is 0 Å². The van der Waals surface area contributed by atoms with Crippen LogP contribution in [-0.2, 0) is 9.47 Å². The number of hydrogen-bond donors (Lipinski definition) is 2. The molecule has 0 saturated carbocycles. The third-order valence-corrected chi connectivity index (χ3v) is 0.851. The van der Waals surface area contributed by atoms with E-state index in [0.717, 1.165) is 0 Å². The summed E-state index contributed by atoms with van der Waals surface area (Å²) in [6.45, 7) is 0.517. The van der Waals surface area contributed by atoms with Crippen molar-refractivity contribution in [2.75, 3.05) is 19.8 Å². The third-order valence-electron chi connectivity index (χ3n) is 0.851. The van der Waals surface area contributed by atoms with Crippen LogP contribution >= 0.6 is 0 Å². The molecule has 0 radical (unpaired) electrons. The summed E-state index contributed by atoms with van der Waals surface area (Å²) < 4.78 is 9.11. The number of hydrogen-bond acceptors (Lipinski definition) is 4. The molecule has 0 aliphatic carbocycles. The highest BCUT2D eigenvalue weighted by Gasteiger charge is 2.27. The molecule has 1 heterocycles. The first-order valence-corrected chi connectivity index (χ1v) is 2.37. The van der Waals surface area contributed by atoms with Gasteiger partial charge < -0.3 is 19.7 Å². The van der Waals surface area contributed by atoms with Crippen molar-refractivity contribution in [2.45, 2.75) is 5.97 Å². The van der Waals surface area contributed by atoms with Gasteiger partial charge in [-0.15, -0.1) is 0 Å². The van der Waals surface area contributed by atoms with E-state index in [1.54, 1.807) is 0 Å². The van der Waals surface area contributed by atoms with Crippen LogP contribution < -0.4 is 0 Å². The predicted molar refractivity (Wildman–Crippen MR) is 23.9 cm³/mol. The van der Waals surface area contributed by atoms with Gasteiger partial charge in [-0.3, -0.25) is 0 Å². The van der Waals surface area contributed by atoms with E-state index in [1.165, 1.54) is 0 Å². The summed E-state index contributed by atoms with van der Waals surface area (Å²) in [7, 11) is 0. The first kappa shape index (κ1) is 5.97. The molecule has 0 aromatic heterocycles. The minimum atomic E-state index is -2.04. The zero-order chi connectivity index (χ0) is 6.04. The summed E-state index contributed by atoms with van der Waals surface area (Å²) in [6.07, 6.45) is 0. The van der Waals surface area contributed by atoms with Crippen molar-refractivity contribution in [3.63, 3.8) is 0 Å². The minimum absolute atomic E-state index is 0.160. The fourth-order valence-corrected chi connectivity index (χ4v) is 0.511. The van der Waals surface area contributed by atoms with Crippen molar-refractivity contribution >= 4 is 0 Å². The molecule has 0 bridgehead atoms. The van der Waals surface area contributed by atoms with Crippen molar-refractivity contribution in [2.24, 2.45) is 0 Å². The van der Waals surface area contributed by atoms with Crippen LogP contribution in [-0.4, -0.2) is 36.0 Å². The molecular formula is C4H8O4. The average Bonchev–Trinajstić information content (AvgIpc) is 1.65. The molecule has 4 nitrogen and oxygen atoms in total. The Morgan fingerprint density at radius 3 is 2.25 bits per heavy atom. The quantitative estimate of drug-likeness (QED) is 0.389. The largest absolute Gasteiger partial charge is 0.371 e. The summed E-state index contributed by atoms with van der Waals surface area (Å²) in [5.41, 5.74) is 0. The Hall–Kier alpha value is -0.160. The molecule has 8 heavy (non-hydrogen) atoms. The highest BCUT2D eigenvalue weighted by Crippen LogP contribution is 2.06. The molecule has 2 N–H and O–H groups in total. The Morgan fingerprint density at radius 1 is 1.25 bits per heavy atom. The Kier molecular flexibility index (Phi) is 1.48. The molecule has 1 aliphatic heterocycles. The van der Waals surface area contributed by atoms with E-state index in [1.807, 2.05) is 0 Å². The van der Waals surface area contributed by atoms with Gasteiger partial charge in [0.25, 0.3) is 0 Å². The molecule has 1 saturated heterocycles. The maximum Gasteiger partial charge on any atom is 0.302 e. The van der Waals surface area contributed by atoms with Crippen LogP contribution in [0.3, 0.4) is 0 Å². The normalized spacial score (nSPS) is 27.8. The standard InChI is InChI=1S/C4H8O4/c5-4(6)3-7-1-2-8-4/h5-6H,1-3H2. The van der Waals surface area contributed by atoms with Crippen LogP contribution in [0.5, 0.6) is 0 Å². The van der Waals surface area contributed by atoms with Crippen LogP contribution in [0, 0.1) is 0 Å². The van der Waals surface area contributed by atoms with E-state index in [-0.39, 0.29) is 13.2 Å². The fourth-order valence-electron chi connectivity index (χ4n) is 0.511. The van der Waals surface area contributed by atoms with Gasteiger partial charge in [0.15, 0.2) is 0 Å². The number of ether oxygens (including phenoxy) is 2. The van der Waals surface area contributed by atoms with E-state index in [9.17, 15) is 0 Å². The summed E-state index contributed by atoms with van der Waals surface area (Å²) in [5.74, 6) is -2.04. The lowest BCUT2D eigenvalue weighted by Gasteiger charge is -2.25. The van der Waals surface area contributed by atoms with Crippen LogP contribution in [0.4, 0.5) is 0 Å². The Morgan fingerprint density at radius 2 is 2.00 bits per heavy atom. The molecule has 0 spiro atoms. The predicted octanol–water partition coefficient (Wildman–Crippen LogP) is -1.33. The average molecular weight is 120 g/mol. The summed E-state index contributed by atoms with van der Waals surface area (Å²) >= 11 is 0. The van der Waals surface area contributed by atoms with Crippen LogP contribution in [0.2, 0.25) is 0 Å². The lowest BCUT2D eigenvalue weighted by molar-refractivity contribution is -0.378. The molecule has 0 aromatic rings. The van der Waals surface area contributed by atoms with Crippen LogP contribution in [0.25, 0.3) is 0 Å². The van der Waals surface area contributed by atoms with Gasteiger partial charge in [-0.1, -0.05) is 0 Å². The number of rotatable bonds is 0. The third kappa shape index (κ3) is 1.41. The van der Waals surface area contributed by atoms with Crippen molar-refractivity contribution in [3.8, 4) is 0 Å². The van der Waals surface area contributed by atoms with Gasteiger partial charge in [0, 0.05) is 0 Å². The minimum Gasteiger partial charge on any atom is -0.371 e. The molecule has 0 atom stereocenters. The molecule has 1 rings (SSSR count). The molecule has 48 valence electrons. The zero-order valence-electron chi connectivity index (χ0n) is 4.33. The second-order valence-corrected chi connectivity index (χ2v) is 1.64. The van der Waals surface area contributed by atoms with E-state index in [0.29, 0.717) is 6.61 Å². The Bertz CT molecular complexity index is 72.1. The SMILES string of the molecule is OC1(O)COCCO1. The molecule has 1 fully saturated rings. The van der Waals surface area contributed by atoms with Gasteiger partial charge in [-0.05, 0) is 0 Å². The van der Waals surface area contributed by atoms with Gasteiger partial charge in [-0.25, -0.2) is 0 Å². The lowest BCUT2D eigenvalue weighted by Crippen LogP contribution is -2.42. The number of aliphatic hydroxyl groups is 2. The molecular weight excluding hydrogens is 112 g/mol. The highest BCUT2D eigenvalue weighted by atomic mass is 16.8. The van der Waals surface area contributed by atoms with E-state index in [4.69, 9.17) is 10.2 Å². The van der Waals surface area contributed by atoms with Crippen molar-refractivity contribution < 1.29 is 19.7 Å².